The highest BCUT2D eigenvalue weighted by Gasteiger charge is 2.08. The van der Waals surface area contributed by atoms with Gasteiger partial charge < -0.3 is 15.5 Å². The van der Waals surface area contributed by atoms with Gasteiger partial charge in [0.25, 0.3) is 5.91 Å². The summed E-state index contributed by atoms with van der Waals surface area (Å²) in [4.78, 5) is 17.8. The average molecular weight is 342 g/mol. The zero-order valence-electron chi connectivity index (χ0n) is 15.1. The van der Waals surface area contributed by atoms with Crippen molar-refractivity contribution >= 4 is 11.9 Å². The molecule has 0 atom stereocenters. The lowest BCUT2D eigenvalue weighted by molar-refractivity contribution is 0.0827. The largest absolute Gasteiger partial charge is 0.356 e. The first-order valence-corrected chi connectivity index (χ1v) is 8.32. The van der Waals surface area contributed by atoms with Gasteiger partial charge in [-0.15, -0.1) is 0 Å². The van der Waals surface area contributed by atoms with Crippen LogP contribution in [0.3, 0.4) is 0 Å². The second-order valence-electron chi connectivity index (χ2n) is 5.84. The third-order valence-electron chi connectivity index (χ3n) is 3.70. The Morgan fingerprint density at radius 1 is 1.24 bits per heavy atom. The molecule has 0 radical (unpaired) electrons. The average Bonchev–Trinajstić information content (AvgIpc) is 3.13. The Hall–Kier alpha value is -2.83. The van der Waals surface area contributed by atoms with Crippen LogP contribution in [0.4, 0.5) is 0 Å². The summed E-state index contributed by atoms with van der Waals surface area (Å²) in [6, 6.07) is 9.64. The summed E-state index contributed by atoms with van der Waals surface area (Å²) < 4.78 is 1.87. The third kappa shape index (κ3) is 5.95. The first kappa shape index (κ1) is 18.5. The van der Waals surface area contributed by atoms with Crippen LogP contribution in [0.2, 0.25) is 0 Å². The van der Waals surface area contributed by atoms with Crippen LogP contribution >= 0.6 is 0 Å². The van der Waals surface area contributed by atoms with E-state index in [1.165, 1.54) is 0 Å². The Morgan fingerprint density at radius 2 is 2.04 bits per heavy atom. The van der Waals surface area contributed by atoms with Crippen LogP contribution in [0.25, 0.3) is 0 Å². The molecule has 2 aromatic rings. The maximum Gasteiger partial charge on any atom is 0.253 e. The number of carbonyl (C=O) groups is 1. The Morgan fingerprint density at radius 3 is 2.72 bits per heavy atom. The summed E-state index contributed by atoms with van der Waals surface area (Å²) in [5.74, 6) is 0.776. The van der Waals surface area contributed by atoms with Gasteiger partial charge in [-0.3, -0.25) is 14.5 Å². The van der Waals surface area contributed by atoms with Gasteiger partial charge in [0.2, 0.25) is 0 Å². The SMILES string of the molecule is CN=C(NCCc1cccc(C(=O)N(C)C)c1)NCCn1cccn1. The molecule has 1 aromatic carbocycles. The van der Waals surface area contributed by atoms with Gasteiger partial charge in [0.1, 0.15) is 0 Å². The number of carbonyl (C=O) groups excluding carboxylic acids is 1. The highest BCUT2D eigenvalue weighted by Crippen LogP contribution is 2.07. The molecule has 0 bridgehead atoms. The minimum Gasteiger partial charge on any atom is -0.356 e. The highest BCUT2D eigenvalue weighted by molar-refractivity contribution is 5.94. The highest BCUT2D eigenvalue weighted by atomic mass is 16.2. The summed E-state index contributed by atoms with van der Waals surface area (Å²) >= 11 is 0. The predicted octanol–water partition coefficient (Wildman–Crippen LogP) is 0.993. The summed E-state index contributed by atoms with van der Waals surface area (Å²) in [6.45, 7) is 2.26. The molecular formula is C18H26N6O. The lowest BCUT2D eigenvalue weighted by Gasteiger charge is -2.13. The fraction of sp³-hybridized carbons (Fsp3) is 0.389. The fourth-order valence-electron chi connectivity index (χ4n) is 2.39. The molecule has 0 unspecified atom stereocenters. The number of amides is 1. The third-order valence-corrected chi connectivity index (χ3v) is 3.70. The van der Waals surface area contributed by atoms with Crippen molar-refractivity contribution in [2.24, 2.45) is 4.99 Å². The van der Waals surface area contributed by atoms with Crippen molar-refractivity contribution < 1.29 is 4.79 Å². The number of rotatable bonds is 7. The Labute approximate surface area is 148 Å². The molecule has 0 saturated carbocycles. The second-order valence-corrected chi connectivity index (χ2v) is 5.84. The standard InChI is InChI=1S/C18H26N6O/c1-19-18(21-11-13-24-12-5-9-22-24)20-10-8-15-6-4-7-16(14-15)17(25)23(2)3/h4-7,9,12,14H,8,10-11,13H2,1-3H3,(H2,19,20,21). The van der Waals surface area contributed by atoms with Crippen LogP contribution in [-0.2, 0) is 13.0 Å². The van der Waals surface area contributed by atoms with E-state index in [2.05, 4.69) is 20.7 Å². The number of aromatic nitrogens is 2. The van der Waals surface area contributed by atoms with Gasteiger partial charge in [-0.25, -0.2) is 0 Å². The van der Waals surface area contributed by atoms with Gasteiger partial charge in [0.05, 0.1) is 6.54 Å². The summed E-state index contributed by atoms with van der Waals surface area (Å²) in [5, 5.41) is 10.7. The van der Waals surface area contributed by atoms with Crippen molar-refractivity contribution in [3.63, 3.8) is 0 Å². The van der Waals surface area contributed by atoms with Crippen molar-refractivity contribution in [3.8, 4) is 0 Å². The van der Waals surface area contributed by atoms with Gasteiger partial charge in [-0.2, -0.15) is 5.10 Å². The Balaban J connectivity index is 1.76. The van der Waals surface area contributed by atoms with Crippen molar-refractivity contribution in [1.29, 1.82) is 0 Å². The van der Waals surface area contributed by atoms with Crippen LogP contribution in [0.5, 0.6) is 0 Å². The summed E-state index contributed by atoms with van der Waals surface area (Å²) in [6.07, 6.45) is 4.51. The molecule has 0 aliphatic rings. The summed E-state index contributed by atoms with van der Waals surface area (Å²) in [7, 11) is 5.27. The fourth-order valence-corrected chi connectivity index (χ4v) is 2.39. The smallest absolute Gasteiger partial charge is 0.253 e. The number of nitrogens with one attached hydrogen (secondary N) is 2. The van der Waals surface area contributed by atoms with E-state index in [0.29, 0.717) is 5.56 Å². The van der Waals surface area contributed by atoms with E-state index in [0.717, 1.165) is 37.6 Å². The van der Waals surface area contributed by atoms with Crippen LogP contribution < -0.4 is 10.6 Å². The number of hydrogen-bond acceptors (Lipinski definition) is 3. The van der Waals surface area contributed by atoms with Crippen molar-refractivity contribution in [2.75, 3.05) is 34.2 Å². The van der Waals surface area contributed by atoms with E-state index in [-0.39, 0.29) is 5.91 Å². The van der Waals surface area contributed by atoms with E-state index in [4.69, 9.17) is 0 Å². The quantitative estimate of drug-likeness (QED) is 0.581. The zero-order chi connectivity index (χ0) is 18.1. The van der Waals surface area contributed by atoms with Crippen LogP contribution in [0.1, 0.15) is 15.9 Å². The minimum absolute atomic E-state index is 0.0194. The lowest BCUT2D eigenvalue weighted by atomic mass is 10.1. The molecule has 134 valence electrons. The van der Waals surface area contributed by atoms with Gasteiger partial charge in [0.15, 0.2) is 5.96 Å². The number of guanidine groups is 1. The first-order chi connectivity index (χ1) is 12.1. The van der Waals surface area contributed by atoms with E-state index >= 15 is 0 Å². The van der Waals surface area contributed by atoms with Crippen molar-refractivity contribution in [2.45, 2.75) is 13.0 Å². The maximum absolute atomic E-state index is 12.0. The second kappa shape index (κ2) is 9.46. The molecule has 1 amide bonds. The predicted molar refractivity (Wildman–Crippen MR) is 99.8 cm³/mol. The molecule has 0 saturated heterocycles. The number of aliphatic imine (C=N–C) groups is 1. The lowest BCUT2D eigenvalue weighted by Crippen LogP contribution is -2.39. The van der Waals surface area contributed by atoms with Crippen LogP contribution in [-0.4, -0.2) is 60.8 Å². The molecule has 1 heterocycles. The van der Waals surface area contributed by atoms with Gasteiger partial charge >= 0.3 is 0 Å². The van der Waals surface area contributed by atoms with E-state index in [1.807, 2.05) is 41.2 Å². The Bertz CT molecular complexity index is 693. The molecule has 25 heavy (non-hydrogen) atoms. The van der Waals surface area contributed by atoms with Crippen molar-refractivity contribution in [3.05, 3.63) is 53.9 Å². The molecule has 0 spiro atoms. The van der Waals surface area contributed by atoms with E-state index in [9.17, 15) is 4.79 Å². The summed E-state index contributed by atoms with van der Waals surface area (Å²) in [5.41, 5.74) is 1.83. The minimum atomic E-state index is 0.0194. The molecule has 2 rings (SSSR count). The number of benzene rings is 1. The molecule has 7 nitrogen and oxygen atoms in total. The molecular weight excluding hydrogens is 316 g/mol. The van der Waals surface area contributed by atoms with Crippen molar-refractivity contribution in [1.82, 2.24) is 25.3 Å². The van der Waals surface area contributed by atoms with E-state index in [1.54, 1.807) is 32.2 Å². The number of hydrogen-bond donors (Lipinski definition) is 2. The Kier molecular flexibility index (Phi) is 7.00. The zero-order valence-corrected chi connectivity index (χ0v) is 15.1. The molecule has 7 heteroatoms. The molecule has 2 N–H and O–H groups in total. The maximum atomic E-state index is 12.0. The van der Waals surface area contributed by atoms with Gasteiger partial charge in [0, 0.05) is 52.2 Å². The molecule has 0 aliphatic carbocycles. The normalized spacial score (nSPS) is 11.2. The molecule has 0 fully saturated rings. The molecule has 1 aromatic heterocycles. The first-order valence-electron chi connectivity index (χ1n) is 8.32. The number of nitrogens with zero attached hydrogens (tertiary/aromatic N) is 4. The topological polar surface area (TPSA) is 74.6 Å². The van der Waals surface area contributed by atoms with Gasteiger partial charge in [-0.05, 0) is 30.2 Å². The van der Waals surface area contributed by atoms with E-state index < -0.39 is 0 Å². The van der Waals surface area contributed by atoms with Gasteiger partial charge in [-0.1, -0.05) is 12.1 Å². The van der Waals surface area contributed by atoms with Crippen LogP contribution in [0, 0.1) is 0 Å². The molecule has 0 aliphatic heterocycles. The monoisotopic (exact) mass is 342 g/mol. The van der Waals surface area contributed by atoms with Crippen LogP contribution in [0.15, 0.2) is 47.7 Å².